The molecule has 0 aromatic heterocycles. The molecule has 1 amide bonds. The summed E-state index contributed by atoms with van der Waals surface area (Å²) in [6.07, 6.45) is 1.53. The number of ether oxygens (including phenoxy) is 2. The van der Waals surface area contributed by atoms with E-state index < -0.39 is 5.41 Å². The van der Waals surface area contributed by atoms with E-state index in [-0.39, 0.29) is 24.3 Å². The number of thioether (sulfide) groups is 1. The van der Waals surface area contributed by atoms with Crippen LogP contribution in [0.4, 0.5) is 5.69 Å². The van der Waals surface area contributed by atoms with Crippen molar-refractivity contribution in [3.05, 3.63) is 29.8 Å². The average molecular weight is 403 g/mol. The van der Waals surface area contributed by atoms with Gasteiger partial charge < -0.3 is 20.1 Å². The summed E-state index contributed by atoms with van der Waals surface area (Å²) in [6.45, 7) is 2.07. The molecule has 8 heteroatoms. The van der Waals surface area contributed by atoms with Crippen LogP contribution >= 0.6 is 24.2 Å². The van der Waals surface area contributed by atoms with Crippen molar-refractivity contribution >= 4 is 41.7 Å². The predicted molar refractivity (Wildman–Crippen MR) is 107 cm³/mol. The molecule has 0 aliphatic carbocycles. The topological polar surface area (TPSA) is 76.7 Å². The molecule has 0 radical (unpaired) electrons. The number of hydrogen-bond acceptors (Lipinski definition) is 6. The van der Waals surface area contributed by atoms with E-state index in [0.717, 1.165) is 37.2 Å². The summed E-state index contributed by atoms with van der Waals surface area (Å²) >= 11 is 1.49. The van der Waals surface area contributed by atoms with E-state index >= 15 is 0 Å². The smallest absolute Gasteiger partial charge is 0.315 e. The van der Waals surface area contributed by atoms with Gasteiger partial charge in [0.05, 0.1) is 24.9 Å². The maximum atomic E-state index is 12.8. The normalized spacial score (nSPS) is 15.6. The van der Waals surface area contributed by atoms with Crippen LogP contribution in [0.25, 0.3) is 0 Å². The number of methoxy groups -OCH3 is 2. The lowest BCUT2D eigenvalue weighted by Gasteiger charge is -2.35. The molecule has 0 atom stereocenters. The molecule has 1 saturated heterocycles. The standard InChI is InChI=1S/C18H26N2O4S.ClH/c1-23-13-18(6-8-19-9-7-18)17(22)20-15-5-3-4-14(10-15)11-25-12-16(21)24-2;/h3-5,10,19H,6-9,11-13H2,1-2H3,(H,20,22);1H. The summed E-state index contributed by atoms with van der Waals surface area (Å²) in [4.78, 5) is 24.0. The second-order valence-electron chi connectivity index (χ2n) is 6.19. The zero-order valence-corrected chi connectivity index (χ0v) is 16.8. The van der Waals surface area contributed by atoms with Crippen molar-refractivity contribution in [3.8, 4) is 0 Å². The largest absolute Gasteiger partial charge is 0.468 e. The summed E-state index contributed by atoms with van der Waals surface area (Å²) in [5.41, 5.74) is 1.35. The fourth-order valence-electron chi connectivity index (χ4n) is 2.93. The molecule has 1 aromatic carbocycles. The zero-order valence-electron chi connectivity index (χ0n) is 15.2. The Labute approximate surface area is 165 Å². The molecule has 6 nitrogen and oxygen atoms in total. The van der Waals surface area contributed by atoms with E-state index in [2.05, 4.69) is 15.4 Å². The third-order valence-corrected chi connectivity index (χ3v) is 5.34. The minimum atomic E-state index is -0.477. The number of amides is 1. The number of benzene rings is 1. The maximum absolute atomic E-state index is 12.8. The predicted octanol–water partition coefficient (Wildman–Crippen LogP) is 2.47. The van der Waals surface area contributed by atoms with Gasteiger partial charge in [-0.1, -0.05) is 12.1 Å². The lowest BCUT2D eigenvalue weighted by atomic mass is 9.78. The molecule has 1 aromatic rings. The summed E-state index contributed by atoms with van der Waals surface area (Å²) in [7, 11) is 3.02. The Morgan fingerprint density at radius 1 is 1.27 bits per heavy atom. The van der Waals surface area contributed by atoms with E-state index in [1.54, 1.807) is 7.11 Å². The molecule has 1 aliphatic rings. The number of nitrogens with one attached hydrogen (secondary N) is 2. The van der Waals surface area contributed by atoms with Gasteiger partial charge in [-0.2, -0.15) is 0 Å². The van der Waals surface area contributed by atoms with Crippen molar-refractivity contribution in [2.45, 2.75) is 18.6 Å². The van der Waals surface area contributed by atoms with Crippen LogP contribution < -0.4 is 10.6 Å². The van der Waals surface area contributed by atoms with E-state index in [4.69, 9.17) is 4.74 Å². The molecule has 1 aliphatic heterocycles. The second kappa shape index (κ2) is 11.4. The average Bonchev–Trinajstić information content (AvgIpc) is 2.63. The highest BCUT2D eigenvalue weighted by Gasteiger charge is 2.39. The van der Waals surface area contributed by atoms with Crippen molar-refractivity contribution in [2.75, 3.05) is 45.0 Å². The first-order chi connectivity index (χ1) is 12.1. The van der Waals surface area contributed by atoms with E-state index in [9.17, 15) is 9.59 Å². The zero-order chi connectivity index (χ0) is 18.1. The van der Waals surface area contributed by atoms with Crippen LogP contribution in [0, 0.1) is 5.41 Å². The Morgan fingerprint density at radius 3 is 2.65 bits per heavy atom. The molecule has 0 spiro atoms. The number of halogens is 1. The third kappa shape index (κ3) is 6.46. The molecular formula is C18H27ClN2O4S. The SMILES string of the molecule is COCC1(C(=O)Nc2cccc(CSCC(=O)OC)c2)CCNCC1.Cl. The Morgan fingerprint density at radius 2 is 2.00 bits per heavy atom. The van der Waals surface area contributed by atoms with Crippen molar-refractivity contribution in [3.63, 3.8) is 0 Å². The van der Waals surface area contributed by atoms with Gasteiger partial charge in [0.15, 0.2) is 0 Å². The first-order valence-corrected chi connectivity index (χ1v) is 9.50. The Bertz CT molecular complexity index is 589. The Hall–Kier alpha value is -1.28. The molecule has 0 unspecified atom stereocenters. The van der Waals surface area contributed by atoms with Crippen molar-refractivity contribution in [2.24, 2.45) is 5.41 Å². The van der Waals surface area contributed by atoms with Gasteiger partial charge in [-0.3, -0.25) is 9.59 Å². The molecule has 26 heavy (non-hydrogen) atoms. The number of esters is 1. The van der Waals surface area contributed by atoms with Crippen LogP contribution in [0.1, 0.15) is 18.4 Å². The van der Waals surface area contributed by atoms with Crippen LogP contribution in [-0.2, 0) is 24.8 Å². The Balaban J connectivity index is 0.00000338. The molecule has 0 saturated carbocycles. The van der Waals surface area contributed by atoms with E-state index in [1.807, 2.05) is 24.3 Å². The quantitative estimate of drug-likeness (QED) is 0.650. The number of anilines is 1. The van der Waals surface area contributed by atoms with E-state index in [0.29, 0.717) is 18.1 Å². The van der Waals surface area contributed by atoms with Crippen LogP contribution in [-0.4, -0.2) is 51.5 Å². The van der Waals surface area contributed by atoms with E-state index in [1.165, 1.54) is 18.9 Å². The molecule has 2 rings (SSSR count). The lowest BCUT2D eigenvalue weighted by Crippen LogP contribution is -2.47. The minimum absolute atomic E-state index is 0. The summed E-state index contributed by atoms with van der Waals surface area (Å²) < 4.78 is 9.95. The highest BCUT2D eigenvalue weighted by molar-refractivity contribution is 7.99. The van der Waals surface area contributed by atoms with Crippen LogP contribution in [0.3, 0.4) is 0 Å². The molecule has 146 valence electrons. The number of hydrogen-bond donors (Lipinski definition) is 2. The van der Waals surface area contributed by atoms with Gasteiger partial charge in [-0.25, -0.2) is 0 Å². The second-order valence-corrected chi connectivity index (χ2v) is 7.17. The van der Waals surface area contributed by atoms with Crippen molar-refractivity contribution in [1.29, 1.82) is 0 Å². The van der Waals surface area contributed by atoms with Gasteiger partial charge in [0.2, 0.25) is 5.91 Å². The van der Waals surface area contributed by atoms with Gasteiger partial charge >= 0.3 is 5.97 Å². The minimum Gasteiger partial charge on any atom is -0.468 e. The van der Waals surface area contributed by atoms with Gasteiger partial charge in [0, 0.05) is 18.6 Å². The summed E-state index contributed by atoms with van der Waals surface area (Å²) in [5, 5.41) is 6.33. The van der Waals surface area contributed by atoms with Crippen LogP contribution in [0.2, 0.25) is 0 Å². The lowest BCUT2D eigenvalue weighted by molar-refractivity contribution is -0.137. The van der Waals surface area contributed by atoms with Gasteiger partial charge in [0.1, 0.15) is 0 Å². The van der Waals surface area contributed by atoms with Gasteiger partial charge in [-0.15, -0.1) is 24.2 Å². The first kappa shape index (κ1) is 22.8. The Kier molecular flexibility index (Phi) is 10.0. The molecule has 1 fully saturated rings. The van der Waals surface area contributed by atoms with Crippen molar-refractivity contribution < 1.29 is 19.1 Å². The monoisotopic (exact) mass is 402 g/mol. The number of piperidine rings is 1. The number of rotatable bonds is 8. The fourth-order valence-corrected chi connectivity index (χ4v) is 3.73. The molecule has 2 N–H and O–H groups in total. The van der Waals surface area contributed by atoms with Gasteiger partial charge in [0.25, 0.3) is 0 Å². The van der Waals surface area contributed by atoms with Crippen LogP contribution in [0.15, 0.2) is 24.3 Å². The number of carbonyl (C=O) groups excluding carboxylic acids is 2. The van der Waals surface area contributed by atoms with Gasteiger partial charge in [-0.05, 0) is 43.6 Å². The fraction of sp³-hybridized carbons (Fsp3) is 0.556. The third-order valence-electron chi connectivity index (χ3n) is 4.36. The number of carbonyl (C=O) groups is 2. The highest BCUT2D eigenvalue weighted by Crippen LogP contribution is 2.31. The summed E-state index contributed by atoms with van der Waals surface area (Å²) in [6, 6.07) is 7.72. The molecule has 1 heterocycles. The van der Waals surface area contributed by atoms with Crippen LogP contribution in [0.5, 0.6) is 0 Å². The summed E-state index contributed by atoms with van der Waals surface area (Å²) in [5.74, 6) is 0.778. The van der Waals surface area contributed by atoms with Crippen molar-refractivity contribution in [1.82, 2.24) is 5.32 Å². The first-order valence-electron chi connectivity index (χ1n) is 8.34. The maximum Gasteiger partial charge on any atom is 0.315 e. The molecule has 0 bridgehead atoms. The highest BCUT2D eigenvalue weighted by atomic mass is 35.5. The molecular weight excluding hydrogens is 376 g/mol.